The Morgan fingerprint density at radius 3 is 2.65 bits per heavy atom. The molecule has 0 bridgehead atoms. The van der Waals surface area contributed by atoms with Crippen LogP contribution in [-0.4, -0.2) is 34.9 Å². The second-order valence-electron chi connectivity index (χ2n) is 3.54. The van der Waals surface area contributed by atoms with E-state index in [9.17, 15) is 9.59 Å². The molecule has 2 amide bonds. The minimum absolute atomic E-state index is 0.560. The lowest BCUT2D eigenvalue weighted by molar-refractivity contribution is -0.140. The molecule has 1 aromatic carbocycles. The fraction of sp³-hybridized carbons (Fsp3) is 0.273. The molecule has 6 nitrogen and oxygen atoms in total. The van der Waals surface area contributed by atoms with Crippen molar-refractivity contribution in [3.8, 4) is 0 Å². The van der Waals surface area contributed by atoms with E-state index in [0.717, 1.165) is 5.56 Å². The molecular weight excluding hydrogens is 224 g/mol. The van der Waals surface area contributed by atoms with Gasteiger partial charge in [-0.3, -0.25) is 0 Å². The van der Waals surface area contributed by atoms with Crippen molar-refractivity contribution in [2.75, 3.05) is 11.9 Å². The molecule has 17 heavy (non-hydrogen) atoms. The highest BCUT2D eigenvalue weighted by molar-refractivity contribution is 5.92. The van der Waals surface area contributed by atoms with Crippen molar-refractivity contribution in [1.82, 2.24) is 5.32 Å². The van der Waals surface area contributed by atoms with Crippen LogP contribution in [0, 0.1) is 6.92 Å². The zero-order chi connectivity index (χ0) is 12.8. The van der Waals surface area contributed by atoms with Gasteiger partial charge in [0, 0.05) is 5.69 Å². The van der Waals surface area contributed by atoms with Gasteiger partial charge in [-0.25, -0.2) is 9.59 Å². The topological polar surface area (TPSA) is 98.7 Å². The number of anilines is 1. The molecule has 0 aromatic heterocycles. The first-order chi connectivity index (χ1) is 8.02. The van der Waals surface area contributed by atoms with Crippen molar-refractivity contribution >= 4 is 17.7 Å². The normalized spacial score (nSPS) is 11.6. The van der Waals surface area contributed by atoms with Crippen molar-refractivity contribution in [3.63, 3.8) is 0 Å². The Labute approximate surface area is 98.3 Å². The van der Waals surface area contributed by atoms with Crippen LogP contribution in [-0.2, 0) is 4.79 Å². The minimum Gasteiger partial charge on any atom is -0.480 e. The lowest BCUT2D eigenvalue weighted by atomic mass is 10.2. The van der Waals surface area contributed by atoms with Crippen LogP contribution in [0.2, 0.25) is 0 Å². The summed E-state index contributed by atoms with van der Waals surface area (Å²) in [6.07, 6.45) is 0. The van der Waals surface area contributed by atoms with E-state index in [1.54, 1.807) is 18.2 Å². The summed E-state index contributed by atoms with van der Waals surface area (Å²) in [5, 5.41) is 22.0. The molecule has 1 atom stereocenters. The zero-order valence-electron chi connectivity index (χ0n) is 9.30. The molecule has 1 rings (SSSR count). The van der Waals surface area contributed by atoms with E-state index in [2.05, 4.69) is 10.6 Å². The molecule has 0 aliphatic carbocycles. The standard InChI is InChI=1S/C11H14N2O4/c1-7-3-2-4-8(5-7)12-11(17)13-9(6-14)10(15)16/h2-5,9,14H,6H2,1H3,(H,15,16)(H2,12,13,17)/t9-/m0/s1. The Morgan fingerprint density at radius 1 is 1.41 bits per heavy atom. The summed E-state index contributed by atoms with van der Waals surface area (Å²) in [4.78, 5) is 22.0. The van der Waals surface area contributed by atoms with Gasteiger partial charge in [0.25, 0.3) is 0 Å². The quantitative estimate of drug-likeness (QED) is 0.616. The molecule has 0 radical (unpaired) electrons. The van der Waals surface area contributed by atoms with Gasteiger partial charge in [0.1, 0.15) is 0 Å². The molecule has 0 saturated carbocycles. The molecule has 0 spiro atoms. The lowest BCUT2D eigenvalue weighted by Crippen LogP contribution is -2.45. The molecule has 4 N–H and O–H groups in total. The first-order valence-corrected chi connectivity index (χ1v) is 5.01. The van der Waals surface area contributed by atoms with Gasteiger partial charge in [-0.05, 0) is 24.6 Å². The number of hydrogen-bond donors (Lipinski definition) is 4. The smallest absolute Gasteiger partial charge is 0.328 e. The molecule has 0 aliphatic heterocycles. The largest absolute Gasteiger partial charge is 0.480 e. The Hall–Kier alpha value is -2.08. The molecule has 0 unspecified atom stereocenters. The predicted molar refractivity (Wildman–Crippen MR) is 61.8 cm³/mol. The van der Waals surface area contributed by atoms with Gasteiger partial charge in [-0.2, -0.15) is 0 Å². The number of aliphatic carboxylic acids is 1. The monoisotopic (exact) mass is 238 g/mol. The minimum atomic E-state index is -1.31. The van der Waals surface area contributed by atoms with Crippen LogP contribution in [0.1, 0.15) is 5.56 Å². The second-order valence-corrected chi connectivity index (χ2v) is 3.54. The predicted octanol–water partition coefficient (Wildman–Crippen LogP) is 0.562. The van der Waals surface area contributed by atoms with Gasteiger partial charge < -0.3 is 20.8 Å². The highest BCUT2D eigenvalue weighted by atomic mass is 16.4. The molecule has 0 fully saturated rings. The molecule has 0 heterocycles. The van der Waals surface area contributed by atoms with Crippen LogP contribution in [0.5, 0.6) is 0 Å². The maximum Gasteiger partial charge on any atom is 0.328 e. The van der Waals surface area contributed by atoms with Crippen LogP contribution >= 0.6 is 0 Å². The van der Waals surface area contributed by atoms with Crippen molar-refractivity contribution in [2.45, 2.75) is 13.0 Å². The maximum atomic E-state index is 11.4. The van der Waals surface area contributed by atoms with Gasteiger partial charge in [0.2, 0.25) is 0 Å². The zero-order valence-corrected chi connectivity index (χ0v) is 9.30. The third-order valence-corrected chi connectivity index (χ3v) is 2.06. The van der Waals surface area contributed by atoms with E-state index in [-0.39, 0.29) is 0 Å². The number of amides is 2. The maximum absolute atomic E-state index is 11.4. The van der Waals surface area contributed by atoms with Crippen LogP contribution < -0.4 is 10.6 Å². The second kappa shape index (κ2) is 5.86. The summed E-state index contributed by atoms with van der Waals surface area (Å²) >= 11 is 0. The lowest BCUT2D eigenvalue weighted by Gasteiger charge is -2.12. The molecule has 0 aliphatic rings. The highest BCUT2D eigenvalue weighted by Gasteiger charge is 2.18. The van der Waals surface area contributed by atoms with Gasteiger partial charge in [-0.15, -0.1) is 0 Å². The fourth-order valence-corrected chi connectivity index (χ4v) is 1.23. The number of aryl methyl sites for hydroxylation is 1. The molecule has 1 aromatic rings. The first kappa shape index (κ1) is 13.0. The van der Waals surface area contributed by atoms with Crippen LogP contribution in [0.4, 0.5) is 10.5 Å². The first-order valence-electron chi connectivity index (χ1n) is 5.01. The van der Waals surface area contributed by atoms with E-state index >= 15 is 0 Å². The Bertz CT molecular complexity index is 420. The van der Waals surface area contributed by atoms with Crippen LogP contribution in [0.25, 0.3) is 0 Å². The molecule has 6 heteroatoms. The van der Waals surface area contributed by atoms with Crippen molar-refractivity contribution in [2.24, 2.45) is 0 Å². The number of carbonyl (C=O) groups excluding carboxylic acids is 1. The summed E-state index contributed by atoms with van der Waals surface area (Å²) in [6.45, 7) is 1.22. The summed E-state index contributed by atoms with van der Waals surface area (Å²) in [7, 11) is 0. The highest BCUT2D eigenvalue weighted by Crippen LogP contribution is 2.08. The van der Waals surface area contributed by atoms with Gasteiger partial charge in [0.05, 0.1) is 6.61 Å². The fourth-order valence-electron chi connectivity index (χ4n) is 1.23. The van der Waals surface area contributed by atoms with Crippen molar-refractivity contribution in [1.29, 1.82) is 0 Å². The number of aliphatic hydroxyl groups excluding tert-OH is 1. The number of carboxylic acids is 1. The van der Waals surface area contributed by atoms with E-state index in [1.165, 1.54) is 0 Å². The summed E-state index contributed by atoms with van der Waals surface area (Å²) < 4.78 is 0. The van der Waals surface area contributed by atoms with Crippen LogP contribution in [0.15, 0.2) is 24.3 Å². The summed E-state index contributed by atoms with van der Waals surface area (Å²) in [5.41, 5.74) is 1.53. The number of hydrogen-bond acceptors (Lipinski definition) is 3. The van der Waals surface area contributed by atoms with Crippen molar-refractivity contribution < 1.29 is 19.8 Å². The Morgan fingerprint density at radius 2 is 2.12 bits per heavy atom. The number of rotatable bonds is 4. The molecule has 0 saturated heterocycles. The van der Waals surface area contributed by atoms with E-state index in [0.29, 0.717) is 5.69 Å². The average Bonchev–Trinajstić information content (AvgIpc) is 2.25. The van der Waals surface area contributed by atoms with Gasteiger partial charge in [-0.1, -0.05) is 12.1 Å². The molecule has 92 valence electrons. The SMILES string of the molecule is Cc1cccc(NC(=O)N[C@@H](CO)C(=O)O)c1. The van der Waals surface area contributed by atoms with E-state index in [1.807, 2.05) is 13.0 Å². The van der Waals surface area contributed by atoms with E-state index < -0.39 is 24.6 Å². The Balaban J connectivity index is 2.58. The number of carboxylic acid groups (broad SMARTS) is 1. The number of carbonyl (C=O) groups is 2. The third kappa shape index (κ3) is 4.12. The van der Waals surface area contributed by atoms with Gasteiger partial charge in [0.15, 0.2) is 6.04 Å². The van der Waals surface area contributed by atoms with Crippen LogP contribution in [0.3, 0.4) is 0 Å². The number of nitrogens with one attached hydrogen (secondary N) is 2. The number of aliphatic hydroxyl groups is 1. The molecular formula is C11H14N2O4. The Kier molecular flexibility index (Phi) is 4.47. The third-order valence-electron chi connectivity index (χ3n) is 2.06. The average molecular weight is 238 g/mol. The summed E-state index contributed by atoms with van der Waals surface area (Å²) in [6, 6.07) is 5.09. The van der Waals surface area contributed by atoms with Crippen molar-refractivity contribution in [3.05, 3.63) is 29.8 Å². The number of benzene rings is 1. The van der Waals surface area contributed by atoms with E-state index in [4.69, 9.17) is 10.2 Å². The number of urea groups is 1. The summed E-state index contributed by atoms with van der Waals surface area (Å²) in [5.74, 6) is -1.29. The van der Waals surface area contributed by atoms with Gasteiger partial charge >= 0.3 is 12.0 Å².